The first-order valence-electron chi connectivity index (χ1n) is 8.21. The molecule has 0 amide bonds. The Labute approximate surface area is 123 Å². The van der Waals surface area contributed by atoms with Crippen molar-refractivity contribution in [3.8, 4) is 0 Å². The molecule has 2 aliphatic rings. The van der Waals surface area contributed by atoms with Crippen LogP contribution in [0.3, 0.4) is 0 Å². The van der Waals surface area contributed by atoms with Crippen molar-refractivity contribution < 1.29 is 0 Å². The third kappa shape index (κ3) is 2.64. The molecule has 110 valence electrons. The lowest BCUT2D eigenvalue weighted by Gasteiger charge is -2.32. The van der Waals surface area contributed by atoms with Crippen LogP contribution in [0.25, 0.3) is 0 Å². The molecule has 0 bridgehead atoms. The van der Waals surface area contributed by atoms with Crippen LogP contribution in [-0.4, -0.2) is 25.2 Å². The molecule has 2 saturated heterocycles. The van der Waals surface area contributed by atoms with Crippen LogP contribution in [0.1, 0.15) is 53.9 Å². The standard InChI is InChI=1S/C18H28N2/c1-12-10-13(2)17(14(3)11-12)18(15-6-4-8-19-15)16-7-5-9-20-16/h10-11,15-16,18-20H,4-9H2,1-3H3. The van der Waals surface area contributed by atoms with E-state index in [1.54, 1.807) is 5.56 Å². The molecule has 0 radical (unpaired) electrons. The highest BCUT2D eigenvalue weighted by molar-refractivity contribution is 5.42. The molecule has 2 nitrogen and oxygen atoms in total. The number of benzene rings is 1. The van der Waals surface area contributed by atoms with Crippen molar-refractivity contribution in [2.75, 3.05) is 13.1 Å². The molecule has 2 fully saturated rings. The molecular formula is C18H28N2. The van der Waals surface area contributed by atoms with Gasteiger partial charge < -0.3 is 10.6 Å². The van der Waals surface area contributed by atoms with Gasteiger partial charge in [0.2, 0.25) is 0 Å². The molecule has 0 aromatic heterocycles. The van der Waals surface area contributed by atoms with E-state index < -0.39 is 0 Å². The molecule has 2 unspecified atom stereocenters. The van der Waals surface area contributed by atoms with Crippen LogP contribution in [0.2, 0.25) is 0 Å². The lowest BCUT2D eigenvalue weighted by molar-refractivity contribution is 0.390. The highest BCUT2D eigenvalue weighted by atomic mass is 15.0. The Balaban J connectivity index is 1.99. The van der Waals surface area contributed by atoms with E-state index in [1.165, 1.54) is 55.5 Å². The van der Waals surface area contributed by atoms with Gasteiger partial charge in [-0.05, 0) is 76.2 Å². The van der Waals surface area contributed by atoms with Crippen molar-refractivity contribution in [2.24, 2.45) is 0 Å². The van der Waals surface area contributed by atoms with Gasteiger partial charge in [-0.2, -0.15) is 0 Å². The highest BCUT2D eigenvalue weighted by Gasteiger charge is 2.35. The molecule has 1 aromatic rings. The molecule has 2 N–H and O–H groups in total. The highest BCUT2D eigenvalue weighted by Crippen LogP contribution is 2.36. The fourth-order valence-electron chi connectivity index (χ4n) is 4.44. The maximum Gasteiger partial charge on any atom is 0.0151 e. The zero-order chi connectivity index (χ0) is 14.1. The minimum Gasteiger partial charge on any atom is -0.313 e. The third-order valence-corrected chi connectivity index (χ3v) is 5.14. The summed E-state index contributed by atoms with van der Waals surface area (Å²) in [5.41, 5.74) is 5.96. The van der Waals surface area contributed by atoms with Gasteiger partial charge in [0, 0.05) is 18.0 Å². The Bertz CT molecular complexity index is 429. The molecule has 2 atom stereocenters. The molecule has 0 spiro atoms. The summed E-state index contributed by atoms with van der Waals surface area (Å²) in [5.74, 6) is 0.639. The molecule has 0 saturated carbocycles. The van der Waals surface area contributed by atoms with Crippen LogP contribution in [0.15, 0.2) is 12.1 Å². The zero-order valence-corrected chi connectivity index (χ0v) is 13.1. The summed E-state index contributed by atoms with van der Waals surface area (Å²) in [6.07, 6.45) is 5.32. The molecule has 1 aromatic carbocycles. The Morgan fingerprint density at radius 1 is 0.900 bits per heavy atom. The van der Waals surface area contributed by atoms with Gasteiger partial charge in [0.15, 0.2) is 0 Å². The van der Waals surface area contributed by atoms with Crippen molar-refractivity contribution in [1.29, 1.82) is 0 Å². The van der Waals surface area contributed by atoms with Gasteiger partial charge >= 0.3 is 0 Å². The van der Waals surface area contributed by atoms with Gasteiger partial charge in [-0.1, -0.05) is 17.7 Å². The van der Waals surface area contributed by atoms with E-state index >= 15 is 0 Å². The minimum absolute atomic E-state index is 0.639. The molecule has 20 heavy (non-hydrogen) atoms. The van der Waals surface area contributed by atoms with Crippen LogP contribution < -0.4 is 10.6 Å². The maximum atomic E-state index is 3.76. The summed E-state index contributed by atoms with van der Waals surface area (Å²) in [5, 5.41) is 7.52. The first-order valence-corrected chi connectivity index (χ1v) is 8.21. The Kier molecular flexibility index (Phi) is 4.13. The second-order valence-corrected chi connectivity index (χ2v) is 6.74. The minimum atomic E-state index is 0.639. The van der Waals surface area contributed by atoms with Crippen molar-refractivity contribution in [3.05, 3.63) is 34.4 Å². The van der Waals surface area contributed by atoms with Gasteiger partial charge in [-0.3, -0.25) is 0 Å². The first-order chi connectivity index (χ1) is 9.66. The number of nitrogens with one attached hydrogen (secondary N) is 2. The first kappa shape index (κ1) is 14.1. The van der Waals surface area contributed by atoms with Crippen molar-refractivity contribution in [2.45, 2.75) is 64.5 Å². The van der Waals surface area contributed by atoms with Gasteiger partial charge in [-0.25, -0.2) is 0 Å². The number of aryl methyl sites for hydroxylation is 3. The van der Waals surface area contributed by atoms with Crippen molar-refractivity contribution >= 4 is 0 Å². The fraction of sp³-hybridized carbons (Fsp3) is 0.667. The van der Waals surface area contributed by atoms with E-state index in [0.717, 1.165) is 0 Å². The summed E-state index contributed by atoms with van der Waals surface area (Å²) < 4.78 is 0. The fourth-order valence-corrected chi connectivity index (χ4v) is 4.44. The average Bonchev–Trinajstić information content (AvgIpc) is 3.07. The molecule has 2 aliphatic heterocycles. The van der Waals surface area contributed by atoms with E-state index in [4.69, 9.17) is 0 Å². The van der Waals surface area contributed by atoms with Gasteiger partial charge in [0.25, 0.3) is 0 Å². The topological polar surface area (TPSA) is 24.1 Å². The number of hydrogen-bond acceptors (Lipinski definition) is 2. The summed E-state index contributed by atoms with van der Waals surface area (Å²) in [7, 11) is 0. The number of hydrogen-bond donors (Lipinski definition) is 2. The van der Waals surface area contributed by atoms with Gasteiger partial charge in [-0.15, -0.1) is 0 Å². The molecule has 2 heteroatoms. The van der Waals surface area contributed by atoms with Crippen LogP contribution in [0, 0.1) is 20.8 Å². The Morgan fingerprint density at radius 3 is 1.80 bits per heavy atom. The second kappa shape index (κ2) is 5.87. The quantitative estimate of drug-likeness (QED) is 0.883. The summed E-state index contributed by atoms with van der Waals surface area (Å²) in [6.45, 7) is 9.19. The lowest BCUT2D eigenvalue weighted by atomic mass is 9.79. The van der Waals surface area contributed by atoms with Crippen LogP contribution >= 0.6 is 0 Å². The SMILES string of the molecule is Cc1cc(C)c(C(C2CCCN2)C2CCCN2)c(C)c1. The molecule has 2 heterocycles. The van der Waals surface area contributed by atoms with Gasteiger partial charge in [0.05, 0.1) is 0 Å². The van der Waals surface area contributed by atoms with Crippen molar-refractivity contribution in [1.82, 2.24) is 10.6 Å². The predicted molar refractivity (Wildman–Crippen MR) is 85.4 cm³/mol. The summed E-state index contributed by atoms with van der Waals surface area (Å²) in [4.78, 5) is 0. The van der Waals surface area contributed by atoms with E-state index in [-0.39, 0.29) is 0 Å². The van der Waals surface area contributed by atoms with Crippen LogP contribution in [0.5, 0.6) is 0 Å². The molecule has 3 rings (SSSR count). The van der Waals surface area contributed by atoms with Gasteiger partial charge in [0.1, 0.15) is 0 Å². The van der Waals surface area contributed by atoms with E-state index in [2.05, 4.69) is 43.5 Å². The number of rotatable bonds is 3. The zero-order valence-electron chi connectivity index (χ0n) is 13.1. The molecular weight excluding hydrogens is 244 g/mol. The summed E-state index contributed by atoms with van der Waals surface area (Å²) in [6, 6.07) is 6.04. The molecule has 0 aliphatic carbocycles. The van der Waals surface area contributed by atoms with Crippen molar-refractivity contribution in [3.63, 3.8) is 0 Å². The second-order valence-electron chi connectivity index (χ2n) is 6.74. The average molecular weight is 272 g/mol. The van der Waals surface area contributed by atoms with Crippen LogP contribution in [0.4, 0.5) is 0 Å². The van der Waals surface area contributed by atoms with E-state index in [1.807, 2.05) is 0 Å². The normalized spacial score (nSPS) is 27.9. The Morgan fingerprint density at radius 2 is 1.40 bits per heavy atom. The largest absolute Gasteiger partial charge is 0.313 e. The summed E-state index contributed by atoms with van der Waals surface area (Å²) >= 11 is 0. The van der Waals surface area contributed by atoms with E-state index in [0.29, 0.717) is 18.0 Å². The third-order valence-electron chi connectivity index (χ3n) is 5.14. The lowest BCUT2D eigenvalue weighted by Crippen LogP contribution is -2.41. The Hall–Kier alpha value is -0.860. The smallest absolute Gasteiger partial charge is 0.0151 e. The predicted octanol–water partition coefficient (Wildman–Crippen LogP) is 3.20. The van der Waals surface area contributed by atoms with Crippen LogP contribution in [-0.2, 0) is 0 Å². The van der Waals surface area contributed by atoms with E-state index in [9.17, 15) is 0 Å². The maximum absolute atomic E-state index is 3.76. The monoisotopic (exact) mass is 272 g/mol.